The largest absolute Gasteiger partial charge is 0.378 e. The second-order valence-corrected chi connectivity index (χ2v) is 6.38. The monoisotopic (exact) mass is 249 g/mol. The van der Waals surface area contributed by atoms with Gasteiger partial charge in [0.2, 0.25) is 10.0 Å². The number of sulfonamides is 1. The Hall–Kier alpha value is -0.130. The summed E-state index contributed by atoms with van der Waals surface area (Å²) in [5.74, 6) is 0.105. The zero-order valence-electron chi connectivity index (χ0n) is 10.0. The Kier molecular flexibility index (Phi) is 5.72. The molecule has 1 aliphatic rings. The van der Waals surface area contributed by atoms with Crippen LogP contribution in [-0.4, -0.2) is 26.9 Å². The molecule has 1 saturated carbocycles. The molecule has 1 rings (SSSR count). The van der Waals surface area contributed by atoms with Crippen molar-refractivity contribution < 1.29 is 13.2 Å². The summed E-state index contributed by atoms with van der Waals surface area (Å²) in [5, 5.41) is 5.07. The van der Waals surface area contributed by atoms with E-state index in [2.05, 4.69) is 0 Å². The van der Waals surface area contributed by atoms with E-state index in [1.165, 1.54) is 12.8 Å². The van der Waals surface area contributed by atoms with Crippen LogP contribution in [0, 0.1) is 5.92 Å². The molecule has 2 N–H and O–H groups in total. The Morgan fingerprint density at radius 2 is 2.00 bits per heavy atom. The lowest BCUT2D eigenvalue weighted by Gasteiger charge is -2.18. The molecule has 1 atom stereocenters. The maximum Gasteiger partial charge on any atom is 0.209 e. The van der Waals surface area contributed by atoms with E-state index >= 15 is 0 Å². The summed E-state index contributed by atoms with van der Waals surface area (Å²) in [6, 6.07) is 0. The molecule has 96 valence electrons. The van der Waals surface area contributed by atoms with Crippen molar-refractivity contribution in [3.63, 3.8) is 0 Å². The van der Waals surface area contributed by atoms with Gasteiger partial charge in [-0.1, -0.05) is 26.2 Å². The van der Waals surface area contributed by atoms with Crippen LogP contribution in [0.15, 0.2) is 0 Å². The number of nitrogens with two attached hydrogens (primary N) is 1. The van der Waals surface area contributed by atoms with Crippen LogP contribution in [0.3, 0.4) is 0 Å². The fourth-order valence-electron chi connectivity index (χ4n) is 2.28. The van der Waals surface area contributed by atoms with Crippen LogP contribution in [0.25, 0.3) is 0 Å². The summed E-state index contributed by atoms with van der Waals surface area (Å²) in [6.45, 7) is 2.58. The molecule has 1 unspecified atom stereocenters. The minimum Gasteiger partial charge on any atom is -0.378 e. The average molecular weight is 249 g/mol. The van der Waals surface area contributed by atoms with Crippen LogP contribution in [0.2, 0.25) is 0 Å². The third-order valence-electron chi connectivity index (χ3n) is 3.03. The quantitative estimate of drug-likeness (QED) is 0.746. The third kappa shape index (κ3) is 5.82. The van der Waals surface area contributed by atoms with Gasteiger partial charge in [0, 0.05) is 0 Å². The molecular weight excluding hydrogens is 226 g/mol. The Morgan fingerprint density at radius 1 is 1.38 bits per heavy atom. The summed E-state index contributed by atoms with van der Waals surface area (Å²) in [4.78, 5) is 0. The van der Waals surface area contributed by atoms with E-state index in [1.54, 1.807) is 0 Å². The van der Waals surface area contributed by atoms with Gasteiger partial charge < -0.3 is 4.74 Å². The van der Waals surface area contributed by atoms with Crippen molar-refractivity contribution in [2.45, 2.75) is 51.6 Å². The van der Waals surface area contributed by atoms with Gasteiger partial charge in [-0.2, -0.15) is 0 Å². The normalized spacial score (nSPS) is 20.1. The van der Waals surface area contributed by atoms with E-state index in [9.17, 15) is 8.42 Å². The fourth-order valence-corrected chi connectivity index (χ4v) is 3.20. The van der Waals surface area contributed by atoms with Gasteiger partial charge in [-0.3, -0.25) is 0 Å². The SMILES string of the molecule is CCCC(COC1CCCC1)CS(N)(=O)=O. The highest BCUT2D eigenvalue weighted by molar-refractivity contribution is 7.89. The molecule has 0 aromatic heterocycles. The van der Waals surface area contributed by atoms with Crippen molar-refractivity contribution >= 4 is 10.0 Å². The van der Waals surface area contributed by atoms with Crippen LogP contribution in [-0.2, 0) is 14.8 Å². The predicted octanol–water partition coefficient (Wildman–Crippen LogP) is 1.65. The number of rotatable bonds is 7. The number of ether oxygens (including phenoxy) is 1. The van der Waals surface area contributed by atoms with Crippen LogP contribution in [0.5, 0.6) is 0 Å². The maximum absolute atomic E-state index is 11.0. The third-order valence-corrected chi connectivity index (χ3v) is 3.97. The molecule has 0 aliphatic heterocycles. The second kappa shape index (κ2) is 6.57. The fraction of sp³-hybridized carbons (Fsp3) is 1.00. The highest BCUT2D eigenvalue weighted by atomic mass is 32.2. The first-order valence-corrected chi connectivity index (χ1v) is 7.85. The maximum atomic E-state index is 11.0. The van der Waals surface area contributed by atoms with Crippen molar-refractivity contribution in [1.29, 1.82) is 0 Å². The van der Waals surface area contributed by atoms with Gasteiger partial charge in [0.25, 0.3) is 0 Å². The molecule has 0 heterocycles. The van der Waals surface area contributed by atoms with E-state index in [4.69, 9.17) is 9.88 Å². The summed E-state index contributed by atoms with van der Waals surface area (Å²) < 4.78 is 27.8. The first-order chi connectivity index (χ1) is 7.51. The van der Waals surface area contributed by atoms with Crippen molar-refractivity contribution in [3.05, 3.63) is 0 Å². The zero-order valence-corrected chi connectivity index (χ0v) is 10.8. The molecule has 1 aliphatic carbocycles. The molecule has 5 heteroatoms. The summed E-state index contributed by atoms with van der Waals surface area (Å²) in [5.41, 5.74) is 0. The van der Waals surface area contributed by atoms with Crippen molar-refractivity contribution in [2.24, 2.45) is 11.1 Å². The van der Waals surface area contributed by atoms with E-state index in [1.807, 2.05) is 6.92 Å². The smallest absolute Gasteiger partial charge is 0.209 e. The molecular formula is C11H23NO3S. The Balaban J connectivity index is 2.32. The number of hydrogen-bond donors (Lipinski definition) is 1. The minimum absolute atomic E-state index is 0.0492. The molecule has 0 bridgehead atoms. The van der Waals surface area contributed by atoms with E-state index < -0.39 is 10.0 Å². The molecule has 0 aromatic rings. The Morgan fingerprint density at radius 3 is 2.50 bits per heavy atom. The molecule has 16 heavy (non-hydrogen) atoms. The summed E-state index contributed by atoms with van der Waals surface area (Å²) >= 11 is 0. The van der Waals surface area contributed by atoms with Gasteiger partial charge in [0.05, 0.1) is 18.5 Å². The molecule has 0 radical (unpaired) electrons. The number of hydrogen-bond acceptors (Lipinski definition) is 3. The standard InChI is InChI=1S/C11H23NO3S/c1-2-5-10(9-16(12,13)14)8-15-11-6-3-4-7-11/h10-11H,2-9H2,1H3,(H2,12,13,14). The van der Waals surface area contributed by atoms with E-state index in [0.717, 1.165) is 25.7 Å². The molecule has 1 fully saturated rings. The lowest BCUT2D eigenvalue weighted by molar-refractivity contribution is 0.0359. The van der Waals surface area contributed by atoms with Crippen molar-refractivity contribution in [3.8, 4) is 0 Å². The molecule has 0 spiro atoms. The van der Waals surface area contributed by atoms with Gasteiger partial charge in [0.15, 0.2) is 0 Å². The van der Waals surface area contributed by atoms with E-state index in [-0.39, 0.29) is 11.7 Å². The molecule has 0 amide bonds. The predicted molar refractivity (Wildman–Crippen MR) is 64.6 cm³/mol. The van der Waals surface area contributed by atoms with Crippen molar-refractivity contribution in [1.82, 2.24) is 0 Å². The van der Waals surface area contributed by atoms with Crippen LogP contribution in [0.1, 0.15) is 45.4 Å². The van der Waals surface area contributed by atoms with E-state index in [0.29, 0.717) is 12.7 Å². The molecule has 4 nitrogen and oxygen atoms in total. The first kappa shape index (κ1) is 13.9. The van der Waals surface area contributed by atoms with Gasteiger partial charge in [-0.15, -0.1) is 0 Å². The topological polar surface area (TPSA) is 69.4 Å². The van der Waals surface area contributed by atoms with Crippen LogP contribution >= 0.6 is 0 Å². The summed E-state index contributed by atoms with van der Waals surface area (Å²) in [6.07, 6.45) is 6.89. The Bertz CT molecular complexity index is 284. The van der Waals surface area contributed by atoms with Crippen LogP contribution < -0.4 is 5.14 Å². The molecule has 0 aromatic carbocycles. The van der Waals surface area contributed by atoms with Gasteiger partial charge >= 0.3 is 0 Å². The Labute approximate surface area is 98.6 Å². The lowest BCUT2D eigenvalue weighted by Crippen LogP contribution is -2.27. The van der Waals surface area contributed by atoms with Crippen LogP contribution in [0.4, 0.5) is 0 Å². The number of primary sulfonamides is 1. The zero-order chi connectivity index (χ0) is 12.0. The van der Waals surface area contributed by atoms with Gasteiger partial charge in [-0.25, -0.2) is 13.6 Å². The van der Waals surface area contributed by atoms with Crippen molar-refractivity contribution in [2.75, 3.05) is 12.4 Å². The second-order valence-electron chi connectivity index (χ2n) is 4.72. The summed E-state index contributed by atoms with van der Waals surface area (Å²) in [7, 11) is -3.37. The highest BCUT2D eigenvalue weighted by Gasteiger charge is 2.20. The highest BCUT2D eigenvalue weighted by Crippen LogP contribution is 2.22. The molecule has 0 saturated heterocycles. The first-order valence-electron chi connectivity index (χ1n) is 6.13. The van der Waals surface area contributed by atoms with Gasteiger partial charge in [-0.05, 0) is 25.2 Å². The average Bonchev–Trinajstić information content (AvgIpc) is 2.64. The minimum atomic E-state index is -3.37. The van der Waals surface area contributed by atoms with Gasteiger partial charge in [0.1, 0.15) is 0 Å². The lowest BCUT2D eigenvalue weighted by atomic mass is 10.1.